The van der Waals surface area contributed by atoms with E-state index in [1.54, 1.807) is 6.21 Å². The minimum Gasteiger partial charge on any atom is -0.267 e. The molecule has 0 atom stereocenters. The van der Waals surface area contributed by atoms with Crippen LogP contribution in [0.5, 0.6) is 0 Å². The van der Waals surface area contributed by atoms with E-state index in [4.69, 9.17) is 0 Å². The molecule has 0 fully saturated rings. The summed E-state index contributed by atoms with van der Waals surface area (Å²) in [4.78, 5) is 11.7. The molecule has 1 amide bonds. The summed E-state index contributed by atoms with van der Waals surface area (Å²) in [5, 5.41) is 3.86. The Labute approximate surface area is 122 Å². The van der Waals surface area contributed by atoms with Crippen molar-refractivity contribution in [3.8, 4) is 0 Å². The maximum Gasteiger partial charge on any atom is 0.271 e. The molecule has 2 rings (SSSR count). The molecule has 2 aromatic carbocycles. The van der Waals surface area contributed by atoms with Crippen LogP contribution in [0.25, 0.3) is 6.08 Å². The minimum atomic E-state index is -0.452. The van der Waals surface area contributed by atoms with Gasteiger partial charge < -0.3 is 0 Å². The lowest BCUT2D eigenvalue weighted by Gasteiger charge is -1.99. The lowest BCUT2D eigenvalue weighted by Crippen LogP contribution is -2.17. The molecule has 0 aromatic heterocycles. The average molecular weight is 282 g/mol. The second kappa shape index (κ2) is 7.14. The minimum absolute atomic E-state index is 0.233. The number of halogens is 1. The topological polar surface area (TPSA) is 41.5 Å². The van der Waals surface area contributed by atoms with Crippen molar-refractivity contribution in [2.75, 3.05) is 0 Å². The number of rotatable bonds is 4. The molecule has 0 aliphatic carbocycles. The summed E-state index contributed by atoms with van der Waals surface area (Å²) < 4.78 is 13.0. The zero-order valence-electron chi connectivity index (χ0n) is 11.6. The van der Waals surface area contributed by atoms with Gasteiger partial charge in [-0.2, -0.15) is 5.10 Å². The van der Waals surface area contributed by atoms with E-state index in [2.05, 4.69) is 10.5 Å². The highest BCUT2D eigenvalue weighted by Gasteiger charge is 2.04. The molecule has 0 saturated heterocycles. The standard InChI is InChI=1S/C17H15FN2O/c1-13(10-14-6-3-2-4-7-14)12-19-20-17(21)15-8-5-9-16(18)11-15/h2-12H,1H3,(H,20,21)/b13-10+,19-12?. The first-order valence-corrected chi connectivity index (χ1v) is 6.47. The lowest BCUT2D eigenvalue weighted by molar-refractivity contribution is 0.0954. The largest absolute Gasteiger partial charge is 0.271 e. The van der Waals surface area contributed by atoms with Crippen LogP contribution < -0.4 is 5.43 Å². The van der Waals surface area contributed by atoms with Gasteiger partial charge in [0.25, 0.3) is 5.91 Å². The number of carbonyl (C=O) groups is 1. The van der Waals surface area contributed by atoms with Crippen molar-refractivity contribution in [3.05, 3.63) is 77.1 Å². The molecule has 0 unspecified atom stereocenters. The first-order valence-electron chi connectivity index (χ1n) is 6.47. The van der Waals surface area contributed by atoms with Crippen LogP contribution >= 0.6 is 0 Å². The summed E-state index contributed by atoms with van der Waals surface area (Å²) in [5.74, 6) is -0.898. The summed E-state index contributed by atoms with van der Waals surface area (Å²) in [5.41, 5.74) is 4.54. The molecule has 106 valence electrons. The van der Waals surface area contributed by atoms with Crippen LogP contribution in [0, 0.1) is 5.82 Å². The lowest BCUT2D eigenvalue weighted by atomic mass is 10.1. The van der Waals surface area contributed by atoms with E-state index in [1.807, 2.05) is 43.3 Å². The molecule has 0 bridgehead atoms. The molecule has 0 heterocycles. The first-order chi connectivity index (χ1) is 10.1. The van der Waals surface area contributed by atoms with Crippen molar-refractivity contribution < 1.29 is 9.18 Å². The van der Waals surface area contributed by atoms with Crippen LogP contribution in [0.1, 0.15) is 22.8 Å². The van der Waals surface area contributed by atoms with Gasteiger partial charge >= 0.3 is 0 Å². The third kappa shape index (κ3) is 4.69. The van der Waals surface area contributed by atoms with Crippen LogP contribution in [0.4, 0.5) is 4.39 Å². The van der Waals surface area contributed by atoms with E-state index in [9.17, 15) is 9.18 Å². The number of carbonyl (C=O) groups excluding carboxylic acids is 1. The van der Waals surface area contributed by atoms with Gasteiger partial charge in [-0.15, -0.1) is 0 Å². The summed E-state index contributed by atoms with van der Waals surface area (Å²) >= 11 is 0. The van der Waals surface area contributed by atoms with Crippen LogP contribution in [0.3, 0.4) is 0 Å². The van der Waals surface area contributed by atoms with Crippen molar-refractivity contribution in [3.63, 3.8) is 0 Å². The quantitative estimate of drug-likeness (QED) is 0.675. The fourth-order valence-electron chi connectivity index (χ4n) is 1.74. The van der Waals surface area contributed by atoms with Crippen LogP contribution in [-0.2, 0) is 0 Å². The maximum absolute atomic E-state index is 13.0. The van der Waals surface area contributed by atoms with E-state index >= 15 is 0 Å². The molecule has 0 aliphatic rings. The van der Waals surface area contributed by atoms with Gasteiger partial charge in [-0.25, -0.2) is 9.82 Å². The summed E-state index contributed by atoms with van der Waals surface area (Å²) in [7, 11) is 0. The number of hydrogen-bond acceptors (Lipinski definition) is 2. The van der Waals surface area contributed by atoms with Gasteiger partial charge in [0.15, 0.2) is 0 Å². The third-order valence-corrected chi connectivity index (χ3v) is 2.71. The Morgan fingerprint density at radius 2 is 1.90 bits per heavy atom. The van der Waals surface area contributed by atoms with Gasteiger partial charge in [-0.3, -0.25) is 4.79 Å². The number of allylic oxidation sites excluding steroid dienone is 1. The Morgan fingerprint density at radius 1 is 1.14 bits per heavy atom. The van der Waals surface area contributed by atoms with Gasteiger partial charge in [0.2, 0.25) is 0 Å². The second-order valence-electron chi connectivity index (χ2n) is 4.51. The second-order valence-corrected chi connectivity index (χ2v) is 4.51. The zero-order chi connectivity index (χ0) is 15.1. The molecular formula is C17H15FN2O. The van der Waals surface area contributed by atoms with Gasteiger partial charge in [0, 0.05) is 5.56 Å². The summed E-state index contributed by atoms with van der Waals surface area (Å²) in [6, 6.07) is 15.2. The van der Waals surface area contributed by atoms with Crippen molar-refractivity contribution >= 4 is 18.2 Å². The van der Waals surface area contributed by atoms with E-state index in [1.165, 1.54) is 18.2 Å². The smallest absolute Gasteiger partial charge is 0.267 e. The fourth-order valence-corrected chi connectivity index (χ4v) is 1.74. The van der Waals surface area contributed by atoms with Crippen molar-refractivity contribution in [1.29, 1.82) is 0 Å². The Bertz CT molecular complexity index is 678. The van der Waals surface area contributed by atoms with Gasteiger partial charge in [-0.1, -0.05) is 42.5 Å². The van der Waals surface area contributed by atoms with Gasteiger partial charge in [0.1, 0.15) is 5.82 Å². The van der Waals surface area contributed by atoms with E-state index in [0.29, 0.717) is 0 Å². The van der Waals surface area contributed by atoms with Crippen LogP contribution in [0.2, 0.25) is 0 Å². The van der Waals surface area contributed by atoms with Crippen molar-refractivity contribution in [2.24, 2.45) is 5.10 Å². The molecule has 0 saturated carbocycles. The van der Waals surface area contributed by atoms with Crippen LogP contribution in [0.15, 0.2) is 65.3 Å². The third-order valence-electron chi connectivity index (χ3n) is 2.71. The molecule has 0 spiro atoms. The maximum atomic E-state index is 13.0. The highest BCUT2D eigenvalue weighted by atomic mass is 19.1. The number of nitrogens with one attached hydrogen (secondary N) is 1. The number of amides is 1. The Morgan fingerprint density at radius 3 is 2.62 bits per heavy atom. The molecule has 2 aromatic rings. The number of hydrazone groups is 1. The number of nitrogens with zero attached hydrogens (tertiary/aromatic N) is 1. The average Bonchev–Trinajstić information content (AvgIpc) is 2.48. The number of hydrogen-bond donors (Lipinski definition) is 1. The Hall–Kier alpha value is -2.75. The normalized spacial score (nSPS) is 11.6. The van der Waals surface area contributed by atoms with E-state index in [0.717, 1.165) is 17.2 Å². The number of benzene rings is 2. The van der Waals surface area contributed by atoms with Crippen molar-refractivity contribution in [1.82, 2.24) is 5.43 Å². The highest BCUT2D eigenvalue weighted by Crippen LogP contribution is 2.05. The molecule has 0 aliphatic heterocycles. The molecule has 4 heteroatoms. The monoisotopic (exact) mass is 282 g/mol. The van der Waals surface area contributed by atoms with E-state index < -0.39 is 11.7 Å². The van der Waals surface area contributed by atoms with Gasteiger partial charge in [-0.05, 0) is 36.3 Å². The molecule has 21 heavy (non-hydrogen) atoms. The molecule has 1 N–H and O–H groups in total. The predicted molar refractivity (Wildman–Crippen MR) is 82.5 cm³/mol. The fraction of sp³-hybridized carbons (Fsp3) is 0.0588. The predicted octanol–water partition coefficient (Wildman–Crippen LogP) is 3.64. The Balaban J connectivity index is 1.96. The SMILES string of the molecule is C/C(C=NNC(=O)c1cccc(F)c1)=C\c1ccccc1. The first kappa shape index (κ1) is 14.7. The Kier molecular flexibility index (Phi) is 4.99. The molecule has 0 radical (unpaired) electrons. The summed E-state index contributed by atoms with van der Waals surface area (Å²) in [6.45, 7) is 1.88. The highest BCUT2D eigenvalue weighted by molar-refractivity contribution is 5.95. The molecular weight excluding hydrogens is 267 g/mol. The zero-order valence-corrected chi connectivity index (χ0v) is 11.6. The van der Waals surface area contributed by atoms with Gasteiger partial charge in [0.05, 0.1) is 6.21 Å². The van der Waals surface area contributed by atoms with Crippen LogP contribution in [-0.4, -0.2) is 12.1 Å². The molecule has 3 nitrogen and oxygen atoms in total. The van der Waals surface area contributed by atoms with Crippen molar-refractivity contribution in [2.45, 2.75) is 6.92 Å². The summed E-state index contributed by atoms with van der Waals surface area (Å²) in [6.07, 6.45) is 3.49. The van der Waals surface area contributed by atoms with E-state index in [-0.39, 0.29) is 5.56 Å².